The van der Waals surface area contributed by atoms with Gasteiger partial charge in [-0.05, 0) is 18.6 Å². The van der Waals surface area contributed by atoms with E-state index >= 15 is 0 Å². The van der Waals surface area contributed by atoms with Crippen LogP contribution in [0.3, 0.4) is 0 Å². The third kappa shape index (κ3) is 1.91. The Kier molecular flexibility index (Phi) is 2.44. The molecule has 0 fully saturated rings. The minimum Gasteiger partial charge on any atom is -0.411 e. The van der Waals surface area contributed by atoms with Crippen molar-refractivity contribution in [3.05, 3.63) is 28.5 Å². The van der Waals surface area contributed by atoms with Crippen molar-refractivity contribution in [2.45, 2.75) is 6.92 Å². The van der Waals surface area contributed by atoms with Crippen LogP contribution in [0.4, 0.5) is 0 Å². The molecule has 0 bridgehead atoms. The summed E-state index contributed by atoms with van der Waals surface area (Å²) in [5.41, 5.74) is 1.69. The van der Waals surface area contributed by atoms with Gasteiger partial charge in [-0.15, -0.1) is 0 Å². The van der Waals surface area contributed by atoms with Crippen molar-refractivity contribution in [3.8, 4) is 0 Å². The molecule has 0 aliphatic heterocycles. The summed E-state index contributed by atoms with van der Waals surface area (Å²) in [7, 11) is 0. The molecule has 0 amide bonds. The second-order valence-corrected chi connectivity index (χ2v) is 2.50. The van der Waals surface area contributed by atoms with Gasteiger partial charge in [-0.1, -0.05) is 16.8 Å². The molecule has 11 heavy (non-hydrogen) atoms. The lowest BCUT2D eigenvalue weighted by Gasteiger charge is -1.96. The number of aryl methyl sites for hydroxylation is 1. The molecule has 0 aliphatic rings. The molecule has 0 atom stereocenters. The minimum atomic E-state index is 0.394. The summed E-state index contributed by atoms with van der Waals surface area (Å²) < 4.78 is 0. The molecule has 3 nitrogen and oxygen atoms in total. The Morgan fingerprint density at radius 3 is 3.09 bits per heavy atom. The third-order valence-corrected chi connectivity index (χ3v) is 1.51. The van der Waals surface area contributed by atoms with Crippen LogP contribution in [0.5, 0.6) is 0 Å². The first kappa shape index (κ1) is 8.01. The molecule has 1 N–H and O–H groups in total. The van der Waals surface area contributed by atoms with Crippen LogP contribution in [0.1, 0.15) is 11.1 Å². The van der Waals surface area contributed by atoms with Gasteiger partial charge in [-0.25, -0.2) is 4.98 Å². The van der Waals surface area contributed by atoms with E-state index < -0.39 is 0 Å². The first-order valence-electron chi connectivity index (χ1n) is 3.03. The fraction of sp³-hybridized carbons (Fsp3) is 0.143. The maximum Gasteiger partial charge on any atom is 0.129 e. The van der Waals surface area contributed by atoms with E-state index in [1.807, 2.05) is 6.92 Å². The van der Waals surface area contributed by atoms with Gasteiger partial charge in [0.2, 0.25) is 0 Å². The van der Waals surface area contributed by atoms with Crippen LogP contribution >= 0.6 is 11.6 Å². The molecule has 0 aliphatic carbocycles. The second-order valence-electron chi connectivity index (χ2n) is 2.11. The maximum atomic E-state index is 8.24. The molecule has 0 radical (unpaired) electrons. The summed E-state index contributed by atoms with van der Waals surface area (Å²) in [6.07, 6.45) is 2.95. The Balaban J connectivity index is 3.12. The first-order valence-corrected chi connectivity index (χ1v) is 3.41. The molecule has 0 unspecified atom stereocenters. The summed E-state index contributed by atoms with van der Waals surface area (Å²) in [5, 5.41) is 11.5. The van der Waals surface area contributed by atoms with Gasteiger partial charge < -0.3 is 5.21 Å². The van der Waals surface area contributed by atoms with Crippen LogP contribution in [0.15, 0.2) is 17.4 Å². The highest BCUT2D eigenvalue weighted by atomic mass is 35.5. The molecular weight excluding hydrogens is 164 g/mol. The van der Waals surface area contributed by atoms with Gasteiger partial charge in [-0.2, -0.15) is 0 Å². The highest BCUT2D eigenvalue weighted by molar-refractivity contribution is 6.29. The lowest BCUT2D eigenvalue weighted by atomic mass is 10.2. The number of nitrogens with zero attached hydrogens (tertiary/aromatic N) is 2. The van der Waals surface area contributed by atoms with Crippen molar-refractivity contribution in [1.82, 2.24) is 4.98 Å². The molecule has 58 valence electrons. The molecule has 1 rings (SSSR count). The lowest BCUT2D eigenvalue weighted by Crippen LogP contribution is -1.88. The van der Waals surface area contributed by atoms with Crippen LogP contribution in [-0.2, 0) is 0 Å². The lowest BCUT2D eigenvalue weighted by molar-refractivity contribution is 0.322. The maximum absolute atomic E-state index is 8.24. The van der Waals surface area contributed by atoms with Gasteiger partial charge in [0.1, 0.15) is 5.15 Å². The predicted octanol–water partition coefficient (Wildman–Crippen LogP) is 1.85. The third-order valence-electron chi connectivity index (χ3n) is 1.31. The minimum absolute atomic E-state index is 0.394. The van der Waals surface area contributed by atoms with Crippen molar-refractivity contribution < 1.29 is 5.21 Å². The molecular formula is C7H7ClN2O. The zero-order valence-electron chi connectivity index (χ0n) is 5.95. The highest BCUT2D eigenvalue weighted by Crippen LogP contribution is 2.09. The average molecular weight is 171 g/mol. The van der Waals surface area contributed by atoms with E-state index in [2.05, 4.69) is 10.1 Å². The summed E-state index contributed by atoms with van der Waals surface area (Å²) in [4.78, 5) is 3.84. The molecule has 1 heterocycles. The smallest absolute Gasteiger partial charge is 0.129 e. The largest absolute Gasteiger partial charge is 0.411 e. The van der Waals surface area contributed by atoms with Crippen molar-refractivity contribution in [3.63, 3.8) is 0 Å². The van der Waals surface area contributed by atoms with Crippen LogP contribution in [0.2, 0.25) is 5.15 Å². The van der Waals surface area contributed by atoms with Crippen LogP contribution in [-0.4, -0.2) is 16.4 Å². The van der Waals surface area contributed by atoms with Gasteiger partial charge in [0.15, 0.2) is 0 Å². The highest BCUT2D eigenvalue weighted by Gasteiger charge is 1.96. The fourth-order valence-electron chi connectivity index (χ4n) is 0.714. The quantitative estimate of drug-likeness (QED) is 0.303. The Morgan fingerprint density at radius 1 is 1.73 bits per heavy atom. The number of hydrogen-bond donors (Lipinski definition) is 1. The van der Waals surface area contributed by atoms with E-state index in [0.717, 1.165) is 11.1 Å². The topological polar surface area (TPSA) is 45.5 Å². The SMILES string of the molecule is Cc1cnc(Cl)cc1C=NO. The molecule has 0 saturated carbocycles. The normalized spacial score (nSPS) is 10.7. The molecule has 1 aromatic heterocycles. The first-order chi connectivity index (χ1) is 5.24. The van der Waals surface area contributed by atoms with E-state index in [1.165, 1.54) is 6.21 Å². The van der Waals surface area contributed by atoms with Crippen molar-refractivity contribution in [2.24, 2.45) is 5.16 Å². The van der Waals surface area contributed by atoms with Gasteiger partial charge in [0.05, 0.1) is 6.21 Å². The summed E-state index contributed by atoms with van der Waals surface area (Å²) >= 11 is 5.60. The van der Waals surface area contributed by atoms with Gasteiger partial charge in [-0.3, -0.25) is 0 Å². The number of halogens is 1. The van der Waals surface area contributed by atoms with E-state index in [9.17, 15) is 0 Å². The standard InChI is InChI=1S/C7H7ClN2O/c1-5-3-9-7(8)2-6(5)4-10-11/h2-4,11H,1H3. The Labute approximate surface area is 69.3 Å². The number of oxime groups is 1. The van der Waals surface area contributed by atoms with E-state index in [1.54, 1.807) is 12.3 Å². The van der Waals surface area contributed by atoms with E-state index in [0.29, 0.717) is 5.15 Å². The zero-order chi connectivity index (χ0) is 8.27. The summed E-state index contributed by atoms with van der Waals surface area (Å²) in [6.45, 7) is 1.86. The molecule has 4 heteroatoms. The fourth-order valence-corrected chi connectivity index (χ4v) is 0.880. The van der Waals surface area contributed by atoms with Crippen LogP contribution < -0.4 is 0 Å². The number of rotatable bonds is 1. The van der Waals surface area contributed by atoms with Crippen LogP contribution in [0.25, 0.3) is 0 Å². The van der Waals surface area contributed by atoms with Crippen molar-refractivity contribution >= 4 is 17.8 Å². The zero-order valence-corrected chi connectivity index (χ0v) is 6.71. The van der Waals surface area contributed by atoms with Gasteiger partial charge in [0.25, 0.3) is 0 Å². The number of aromatic nitrogens is 1. The molecule has 1 aromatic rings. The van der Waals surface area contributed by atoms with Crippen LogP contribution in [0, 0.1) is 6.92 Å². The average Bonchev–Trinajstić information content (AvgIpc) is 1.98. The molecule has 0 aromatic carbocycles. The van der Waals surface area contributed by atoms with Gasteiger partial charge in [0, 0.05) is 11.8 Å². The molecule has 0 spiro atoms. The molecule has 0 saturated heterocycles. The number of hydrogen-bond acceptors (Lipinski definition) is 3. The van der Waals surface area contributed by atoms with E-state index in [4.69, 9.17) is 16.8 Å². The van der Waals surface area contributed by atoms with Crippen molar-refractivity contribution in [2.75, 3.05) is 0 Å². The Bertz CT molecular complexity index is 286. The number of pyridine rings is 1. The second kappa shape index (κ2) is 3.34. The Hall–Kier alpha value is -1.09. The van der Waals surface area contributed by atoms with Crippen molar-refractivity contribution in [1.29, 1.82) is 0 Å². The monoisotopic (exact) mass is 170 g/mol. The predicted molar refractivity (Wildman–Crippen MR) is 43.4 cm³/mol. The van der Waals surface area contributed by atoms with Gasteiger partial charge >= 0.3 is 0 Å². The summed E-state index contributed by atoms with van der Waals surface area (Å²) in [6, 6.07) is 1.64. The van der Waals surface area contributed by atoms with E-state index in [-0.39, 0.29) is 0 Å². The Morgan fingerprint density at radius 2 is 2.45 bits per heavy atom. The summed E-state index contributed by atoms with van der Waals surface area (Å²) in [5.74, 6) is 0.